The van der Waals surface area contributed by atoms with Crippen LogP contribution >= 0.6 is 0 Å². The fourth-order valence-corrected chi connectivity index (χ4v) is 2.21. The molecule has 1 aromatic carbocycles. The Labute approximate surface area is 99.0 Å². The maximum Gasteiger partial charge on any atom is 0.416 e. The van der Waals surface area contributed by atoms with E-state index >= 15 is 0 Å². The lowest BCUT2D eigenvalue weighted by atomic mass is 9.96. The Hall–Kier alpha value is -1.03. The van der Waals surface area contributed by atoms with Gasteiger partial charge in [-0.05, 0) is 36.9 Å². The Balaban J connectivity index is 2.35. The van der Waals surface area contributed by atoms with Crippen LogP contribution < -0.4 is 5.32 Å². The van der Waals surface area contributed by atoms with Crippen molar-refractivity contribution in [3.8, 4) is 0 Å². The zero-order chi connectivity index (χ0) is 12.5. The Morgan fingerprint density at radius 1 is 1.29 bits per heavy atom. The van der Waals surface area contributed by atoms with Gasteiger partial charge in [0.2, 0.25) is 0 Å². The first kappa shape index (κ1) is 12.4. The van der Waals surface area contributed by atoms with Crippen molar-refractivity contribution in [3.63, 3.8) is 0 Å². The van der Waals surface area contributed by atoms with Gasteiger partial charge in [-0.3, -0.25) is 0 Å². The molecule has 1 aliphatic carbocycles. The standard InChI is InChI=1S/C13H16F3N/c1-2-17-12(9-7-8-9)10-5-3-4-6-11(10)13(14,15)16/h3-6,9,12,17H,2,7-8H2,1H3. The summed E-state index contributed by atoms with van der Waals surface area (Å²) in [7, 11) is 0. The normalized spacial score (nSPS) is 18.1. The Kier molecular flexibility index (Phi) is 3.43. The predicted octanol–water partition coefficient (Wildman–Crippen LogP) is 3.77. The topological polar surface area (TPSA) is 12.0 Å². The van der Waals surface area contributed by atoms with Crippen molar-refractivity contribution in [2.45, 2.75) is 32.0 Å². The molecule has 1 aromatic rings. The van der Waals surface area contributed by atoms with Gasteiger partial charge in [0.1, 0.15) is 0 Å². The fraction of sp³-hybridized carbons (Fsp3) is 0.538. The summed E-state index contributed by atoms with van der Waals surface area (Å²) in [5.74, 6) is 0.360. The molecular formula is C13H16F3N. The molecule has 0 saturated heterocycles. The molecule has 0 aliphatic heterocycles. The van der Waals surface area contributed by atoms with Crippen molar-refractivity contribution in [1.29, 1.82) is 0 Å². The zero-order valence-corrected chi connectivity index (χ0v) is 9.72. The lowest BCUT2D eigenvalue weighted by Gasteiger charge is -2.22. The second-order valence-corrected chi connectivity index (χ2v) is 4.46. The van der Waals surface area contributed by atoms with Crippen LogP contribution in [-0.4, -0.2) is 6.54 Å². The SMILES string of the molecule is CCNC(c1ccccc1C(F)(F)F)C1CC1. The second-order valence-electron chi connectivity index (χ2n) is 4.46. The Morgan fingerprint density at radius 2 is 1.94 bits per heavy atom. The van der Waals surface area contributed by atoms with Crippen LogP contribution in [0, 0.1) is 5.92 Å². The molecule has 0 aromatic heterocycles. The van der Waals surface area contributed by atoms with Crippen molar-refractivity contribution < 1.29 is 13.2 Å². The van der Waals surface area contributed by atoms with Crippen LogP contribution in [0.3, 0.4) is 0 Å². The highest BCUT2D eigenvalue weighted by atomic mass is 19.4. The average Bonchev–Trinajstić information content (AvgIpc) is 3.08. The number of hydrogen-bond acceptors (Lipinski definition) is 1. The highest BCUT2D eigenvalue weighted by Gasteiger charge is 2.39. The third kappa shape index (κ3) is 2.80. The summed E-state index contributed by atoms with van der Waals surface area (Å²) in [6.07, 6.45) is -2.23. The zero-order valence-electron chi connectivity index (χ0n) is 9.72. The Bertz CT molecular complexity index is 382. The summed E-state index contributed by atoms with van der Waals surface area (Å²) in [6.45, 7) is 2.61. The van der Waals surface area contributed by atoms with Crippen molar-refractivity contribution in [2.75, 3.05) is 6.54 Å². The van der Waals surface area contributed by atoms with Gasteiger partial charge in [0.15, 0.2) is 0 Å². The number of benzene rings is 1. The first-order valence-corrected chi connectivity index (χ1v) is 5.93. The van der Waals surface area contributed by atoms with Gasteiger partial charge in [0.25, 0.3) is 0 Å². The second kappa shape index (κ2) is 4.69. The minimum Gasteiger partial charge on any atom is -0.310 e. The molecule has 0 amide bonds. The summed E-state index contributed by atoms with van der Waals surface area (Å²) < 4.78 is 38.7. The number of hydrogen-bond donors (Lipinski definition) is 1. The highest BCUT2D eigenvalue weighted by molar-refractivity contribution is 5.33. The van der Waals surface area contributed by atoms with Crippen LogP contribution in [-0.2, 0) is 6.18 Å². The largest absolute Gasteiger partial charge is 0.416 e. The summed E-state index contributed by atoms with van der Waals surface area (Å²) in [6, 6.07) is 5.73. The molecule has 2 rings (SSSR count). The van der Waals surface area contributed by atoms with Gasteiger partial charge in [-0.25, -0.2) is 0 Å². The molecule has 4 heteroatoms. The molecule has 1 fully saturated rings. The molecule has 0 spiro atoms. The van der Waals surface area contributed by atoms with E-state index in [2.05, 4.69) is 5.32 Å². The first-order valence-electron chi connectivity index (χ1n) is 5.93. The molecular weight excluding hydrogens is 227 g/mol. The van der Waals surface area contributed by atoms with Crippen LogP contribution in [0.25, 0.3) is 0 Å². The Morgan fingerprint density at radius 3 is 2.47 bits per heavy atom. The molecule has 17 heavy (non-hydrogen) atoms. The van der Waals surface area contributed by atoms with E-state index in [-0.39, 0.29) is 6.04 Å². The molecule has 1 N–H and O–H groups in total. The van der Waals surface area contributed by atoms with Gasteiger partial charge in [0.05, 0.1) is 5.56 Å². The molecule has 94 valence electrons. The van der Waals surface area contributed by atoms with E-state index in [4.69, 9.17) is 0 Å². The average molecular weight is 243 g/mol. The smallest absolute Gasteiger partial charge is 0.310 e. The van der Waals surface area contributed by atoms with E-state index < -0.39 is 11.7 Å². The van der Waals surface area contributed by atoms with Gasteiger partial charge >= 0.3 is 6.18 Å². The third-order valence-corrected chi connectivity index (χ3v) is 3.12. The van der Waals surface area contributed by atoms with Gasteiger partial charge < -0.3 is 5.32 Å². The van der Waals surface area contributed by atoms with Crippen LogP contribution in [0.15, 0.2) is 24.3 Å². The van der Waals surface area contributed by atoms with E-state index in [0.717, 1.165) is 12.8 Å². The molecule has 0 radical (unpaired) electrons. The maximum absolute atomic E-state index is 12.9. The van der Waals surface area contributed by atoms with Gasteiger partial charge in [-0.2, -0.15) is 13.2 Å². The van der Waals surface area contributed by atoms with Crippen LogP contribution in [0.1, 0.15) is 36.9 Å². The van der Waals surface area contributed by atoms with E-state index in [1.807, 2.05) is 6.92 Å². The number of nitrogens with one attached hydrogen (secondary N) is 1. The molecule has 1 atom stereocenters. The quantitative estimate of drug-likeness (QED) is 0.848. The van der Waals surface area contributed by atoms with Crippen LogP contribution in [0.4, 0.5) is 13.2 Å². The maximum atomic E-state index is 12.9. The summed E-state index contributed by atoms with van der Waals surface area (Å²) >= 11 is 0. The van der Waals surface area contributed by atoms with Gasteiger partial charge in [-0.15, -0.1) is 0 Å². The van der Waals surface area contributed by atoms with Crippen molar-refractivity contribution in [3.05, 3.63) is 35.4 Å². The third-order valence-electron chi connectivity index (χ3n) is 3.12. The molecule has 1 nitrogen and oxygen atoms in total. The van der Waals surface area contributed by atoms with Crippen LogP contribution in [0.5, 0.6) is 0 Å². The van der Waals surface area contributed by atoms with Crippen molar-refractivity contribution in [1.82, 2.24) is 5.32 Å². The molecule has 0 bridgehead atoms. The lowest BCUT2D eigenvalue weighted by molar-refractivity contribution is -0.138. The minimum atomic E-state index is -4.26. The monoisotopic (exact) mass is 243 g/mol. The molecule has 1 aliphatic rings. The fourth-order valence-electron chi connectivity index (χ4n) is 2.21. The van der Waals surface area contributed by atoms with E-state index in [9.17, 15) is 13.2 Å². The van der Waals surface area contributed by atoms with E-state index in [0.29, 0.717) is 18.0 Å². The highest BCUT2D eigenvalue weighted by Crippen LogP contribution is 2.44. The van der Waals surface area contributed by atoms with Crippen molar-refractivity contribution in [2.24, 2.45) is 5.92 Å². The molecule has 0 heterocycles. The lowest BCUT2D eigenvalue weighted by Crippen LogP contribution is -2.25. The summed E-state index contributed by atoms with van der Waals surface area (Å²) in [4.78, 5) is 0. The summed E-state index contributed by atoms with van der Waals surface area (Å²) in [5.41, 5.74) is -0.109. The van der Waals surface area contributed by atoms with Crippen molar-refractivity contribution >= 4 is 0 Å². The summed E-state index contributed by atoms with van der Waals surface area (Å²) in [5, 5.41) is 3.17. The molecule has 1 unspecified atom stereocenters. The first-order chi connectivity index (χ1) is 8.04. The minimum absolute atomic E-state index is 0.155. The number of rotatable bonds is 4. The van der Waals surface area contributed by atoms with Crippen LogP contribution in [0.2, 0.25) is 0 Å². The van der Waals surface area contributed by atoms with E-state index in [1.165, 1.54) is 12.1 Å². The molecule has 1 saturated carbocycles. The number of alkyl halides is 3. The number of halogens is 3. The van der Waals surface area contributed by atoms with E-state index in [1.54, 1.807) is 12.1 Å². The van der Waals surface area contributed by atoms with Gasteiger partial charge in [0, 0.05) is 6.04 Å². The predicted molar refractivity (Wildman–Crippen MR) is 60.6 cm³/mol. The van der Waals surface area contributed by atoms with Gasteiger partial charge in [-0.1, -0.05) is 25.1 Å².